The predicted molar refractivity (Wildman–Crippen MR) is 137 cm³/mol. The number of hydrogen-bond acceptors (Lipinski definition) is 4. The van der Waals surface area contributed by atoms with E-state index in [1.165, 1.54) is 24.3 Å². The Hall–Kier alpha value is -4.10. The quantitative estimate of drug-likeness (QED) is 0.433. The van der Waals surface area contributed by atoms with Crippen molar-refractivity contribution in [2.75, 3.05) is 4.90 Å². The second-order valence-corrected chi connectivity index (χ2v) is 11.3. The number of nitrogens with zero attached hydrogens (tertiary/aromatic N) is 2. The molecule has 1 aliphatic heterocycles. The molecule has 0 spiro atoms. The van der Waals surface area contributed by atoms with Gasteiger partial charge < -0.3 is 15.3 Å². The molecule has 0 aromatic heterocycles. The monoisotopic (exact) mass is 599 g/mol. The molecule has 2 aromatic rings. The van der Waals surface area contributed by atoms with Gasteiger partial charge >= 0.3 is 18.4 Å². The van der Waals surface area contributed by atoms with Gasteiger partial charge in [0.2, 0.25) is 11.8 Å². The van der Waals surface area contributed by atoms with Crippen LogP contribution in [0.2, 0.25) is 0 Å². The van der Waals surface area contributed by atoms with Crippen LogP contribution in [0.4, 0.5) is 36.8 Å². The van der Waals surface area contributed by atoms with Crippen molar-refractivity contribution in [3.05, 3.63) is 64.7 Å². The van der Waals surface area contributed by atoms with Gasteiger partial charge in [-0.05, 0) is 69.5 Å². The normalized spacial score (nSPS) is 18.7. The first-order valence-electron chi connectivity index (χ1n) is 12.8. The fraction of sp³-hybridized carbons (Fsp3) is 0.429. The van der Waals surface area contributed by atoms with Crippen molar-refractivity contribution in [3.63, 3.8) is 0 Å². The lowest BCUT2D eigenvalue weighted by Crippen LogP contribution is -2.61. The first kappa shape index (κ1) is 30.8. The first-order chi connectivity index (χ1) is 19.3. The van der Waals surface area contributed by atoms with Crippen molar-refractivity contribution in [1.29, 1.82) is 0 Å². The van der Waals surface area contributed by atoms with E-state index in [0.717, 1.165) is 9.80 Å². The number of ketones is 1. The maximum Gasteiger partial charge on any atom is 0.416 e. The Labute approximate surface area is 236 Å². The number of carbonyl (C=O) groups excluding carboxylic acids is 3. The molecule has 0 bridgehead atoms. The summed E-state index contributed by atoms with van der Waals surface area (Å²) in [6.45, 7) is 3.96. The molecule has 1 aliphatic carbocycles. The number of anilines is 1. The second-order valence-electron chi connectivity index (χ2n) is 11.3. The van der Waals surface area contributed by atoms with Crippen molar-refractivity contribution >= 4 is 29.4 Å². The van der Waals surface area contributed by atoms with Gasteiger partial charge in [0, 0.05) is 17.5 Å². The number of amides is 3. The number of para-hydroxylation sites is 1. The van der Waals surface area contributed by atoms with E-state index in [-0.39, 0.29) is 30.2 Å². The summed E-state index contributed by atoms with van der Waals surface area (Å²) in [5.74, 6) is -2.40. The molecule has 14 heteroatoms. The van der Waals surface area contributed by atoms with Crippen LogP contribution >= 0.6 is 0 Å². The molecule has 8 nitrogen and oxygen atoms in total. The molecule has 0 saturated heterocycles. The van der Waals surface area contributed by atoms with Crippen molar-refractivity contribution < 1.29 is 50.6 Å². The Morgan fingerprint density at radius 3 is 2.00 bits per heavy atom. The lowest BCUT2D eigenvalue weighted by Gasteiger charge is -2.39. The van der Waals surface area contributed by atoms with E-state index in [1.54, 1.807) is 20.8 Å². The predicted octanol–water partition coefficient (Wildman–Crippen LogP) is 5.64. The molecule has 1 heterocycles. The van der Waals surface area contributed by atoms with Crippen molar-refractivity contribution in [1.82, 2.24) is 10.2 Å². The van der Waals surface area contributed by atoms with Crippen molar-refractivity contribution in [3.8, 4) is 0 Å². The Morgan fingerprint density at radius 2 is 1.52 bits per heavy atom. The summed E-state index contributed by atoms with van der Waals surface area (Å²) in [4.78, 5) is 54.3. The summed E-state index contributed by atoms with van der Waals surface area (Å²) in [5.41, 5.74) is -6.26. The third-order valence-electron chi connectivity index (χ3n) is 7.18. The van der Waals surface area contributed by atoms with Crippen LogP contribution in [0.25, 0.3) is 0 Å². The highest BCUT2D eigenvalue weighted by Gasteiger charge is 2.60. The average Bonchev–Trinajstić information content (AvgIpc) is 3.65. The number of hydrogen-bond donors (Lipinski definition) is 2. The van der Waals surface area contributed by atoms with Crippen LogP contribution in [0.3, 0.4) is 0 Å². The highest BCUT2D eigenvalue weighted by molar-refractivity contribution is 6.13. The zero-order valence-corrected chi connectivity index (χ0v) is 22.7. The molecule has 2 N–H and O–H groups in total. The maximum absolute atomic E-state index is 13.8. The molecule has 1 saturated carbocycles. The Balaban J connectivity index is 1.74. The van der Waals surface area contributed by atoms with Gasteiger partial charge in [0.15, 0.2) is 5.78 Å². The lowest BCUT2D eigenvalue weighted by molar-refractivity contribution is -0.143. The van der Waals surface area contributed by atoms with Crippen LogP contribution in [0, 0.1) is 0 Å². The molecule has 0 radical (unpaired) electrons. The van der Waals surface area contributed by atoms with Crippen molar-refractivity contribution in [2.45, 2.75) is 76.1 Å². The van der Waals surface area contributed by atoms with Gasteiger partial charge in [-0.3, -0.25) is 19.3 Å². The summed E-state index contributed by atoms with van der Waals surface area (Å²) in [6, 6.07) is 4.94. The minimum atomic E-state index is -5.12. The minimum absolute atomic E-state index is 0.0198. The van der Waals surface area contributed by atoms with Crippen LogP contribution in [-0.4, -0.2) is 50.8 Å². The molecule has 42 heavy (non-hydrogen) atoms. The van der Waals surface area contributed by atoms with E-state index in [4.69, 9.17) is 0 Å². The van der Waals surface area contributed by atoms with E-state index >= 15 is 0 Å². The largest absolute Gasteiger partial charge is 0.465 e. The summed E-state index contributed by atoms with van der Waals surface area (Å²) >= 11 is 0. The number of carboxylic acid groups (broad SMARTS) is 1. The fourth-order valence-corrected chi connectivity index (χ4v) is 5.28. The van der Waals surface area contributed by atoms with Gasteiger partial charge in [0.05, 0.1) is 23.4 Å². The molecule has 0 unspecified atom stereocenters. The topological polar surface area (TPSA) is 107 Å². The molecular weight excluding hydrogens is 572 g/mol. The molecule has 2 aromatic carbocycles. The smallest absolute Gasteiger partial charge is 0.416 e. The Morgan fingerprint density at radius 1 is 0.976 bits per heavy atom. The van der Waals surface area contributed by atoms with Gasteiger partial charge in [-0.15, -0.1) is 0 Å². The van der Waals surface area contributed by atoms with Gasteiger partial charge in [0.25, 0.3) is 0 Å². The molecule has 1 atom stereocenters. The standard InChI is InChI=1S/C28H27F6N3O5/c1-25(2,3)37(24(41)42)26(8-9-26)23(40)35-19-13-21(38)18-6-4-5-7-20(18)36(22(19)39)14-15-10-16(27(29,30)31)12-17(11-15)28(32,33)34/h4-7,10-12,19H,8-9,13-14H2,1-3H3,(H,35,40)(H,41,42)/t19-/m1/s1. The minimum Gasteiger partial charge on any atom is -0.465 e. The highest BCUT2D eigenvalue weighted by Crippen LogP contribution is 2.46. The summed E-state index contributed by atoms with van der Waals surface area (Å²) in [6.07, 6.45) is -11.9. The van der Waals surface area contributed by atoms with Gasteiger partial charge in [-0.1, -0.05) is 12.1 Å². The molecule has 2 aliphatic rings. The fourth-order valence-electron chi connectivity index (χ4n) is 5.28. The third-order valence-corrected chi connectivity index (χ3v) is 7.18. The van der Waals surface area contributed by atoms with Crippen LogP contribution in [0.5, 0.6) is 0 Å². The molecule has 3 amide bonds. The van der Waals surface area contributed by atoms with Crippen molar-refractivity contribution in [2.24, 2.45) is 0 Å². The van der Waals surface area contributed by atoms with E-state index in [9.17, 15) is 50.6 Å². The van der Waals surface area contributed by atoms with Gasteiger partial charge in [-0.25, -0.2) is 4.79 Å². The van der Waals surface area contributed by atoms with Gasteiger partial charge in [-0.2, -0.15) is 26.3 Å². The average molecular weight is 600 g/mol. The Kier molecular flexibility index (Phi) is 7.58. The Bertz CT molecular complexity index is 1410. The number of alkyl halides is 6. The van der Waals surface area contributed by atoms with E-state index in [1.807, 2.05) is 0 Å². The van der Waals surface area contributed by atoms with Crippen LogP contribution < -0.4 is 10.2 Å². The van der Waals surface area contributed by atoms with E-state index in [2.05, 4.69) is 5.32 Å². The van der Waals surface area contributed by atoms with Crippen LogP contribution in [0.1, 0.15) is 67.1 Å². The number of fused-ring (bicyclic) bond motifs is 1. The van der Waals surface area contributed by atoms with Gasteiger partial charge in [0.1, 0.15) is 11.6 Å². The van der Waals surface area contributed by atoms with E-state index in [0.29, 0.717) is 12.1 Å². The van der Waals surface area contributed by atoms with Crippen LogP contribution in [0.15, 0.2) is 42.5 Å². The molecular formula is C28H27F6N3O5. The van der Waals surface area contributed by atoms with E-state index < -0.39 is 82.8 Å². The molecule has 1 fully saturated rings. The maximum atomic E-state index is 13.8. The zero-order valence-electron chi connectivity index (χ0n) is 22.7. The number of benzene rings is 2. The molecule has 226 valence electrons. The lowest BCUT2D eigenvalue weighted by atomic mass is 10.0. The number of nitrogens with one attached hydrogen (secondary N) is 1. The number of carbonyl (C=O) groups is 4. The number of Topliss-reactive ketones (excluding diaryl/α,β-unsaturated/α-hetero) is 1. The zero-order chi connectivity index (χ0) is 31.4. The highest BCUT2D eigenvalue weighted by atomic mass is 19.4. The number of halogens is 6. The summed E-state index contributed by atoms with van der Waals surface area (Å²) < 4.78 is 80.9. The molecule has 4 rings (SSSR count). The summed E-state index contributed by atoms with van der Waals surface area (Å²) in [5, 5.41) is 12.3. The first-order valence-corrected chi connectivity index (χ1v) is 12.8. The number of rotatable bonds is 5. The van der Waals surface area contributed by atoms with Crippen LogP contribution in [-0.2, 0) is 28.5 Å². The summed E-state index contributed by atoms with van der Waals surface area (Å²) in [7, 11) is 0. The SMILES string of the molecule is CC(C)(C)N(C(=O)O)C1(C(=O)N[C@@H]2CC(=O)c3ccccc3N(Cc3cc(C(F)(F)F)cc(C(F)(F)F)c3)C2=O)CC1. The second kappa shape index (κ2) is 10.3. The third kappa shape index (κ3) is 5.93.